The van der Waals surface area contributed by atoms with Crippen molar-refractivity contribution in [2.45, 2.75) is 47.0 Å². The highest BCUT2D eigenvalue weighted by Crippen LogP contribution is 2.11. The summed E-state index contributed by atoms with van der Waals surface area (Å²) >= 11 is 0. The predicted octanol–water partition coefficient (Wildman–Crippen LogP) is 3.33. The van der Waals surface area contributed by atoms with Gasteiger partial charge in [-0.15, -0.1) is 0 Å². The van der Waals surface area contributed by atoms with Crippen LogP contribution in [0.25, 0.3) is 0 Å². The number of hydrogen-bond acceptors (Lipinski definition) is 2. The van der Waals surface area contributed by atoms with Crippen LogP contribution in [0.2, 0.25) is 0 Å². The van der Waals surface area contributed by atoms with E-state index in [1.807, 2.05) is 0 Å². The van der Waals surface area contributed by atoms with Gasteiger partial charge in [-0.2, -0.15) is 0 Å². The lowest BCUT2D eigenvalue weighted by Crippen LogP contribution is -2.28. The fourth-order valence-electron chi connectivity index (χ4n) is 2.18. The second-order valence-electron chi connectivity index (χ2n) is 6.13. The van der Waals surface area contributed by atoms with Gasteiger partial charge < -0.3 is 9.80 Å². The lowest BCUT2D eigenvalue weighted by atomic mass is 10.0. The fraction of sp³-hybridized carbons (Fsp3) is 1.00. The summed E-state index contributed by atoms with van der Waals surface area (Å²) in [6.07, 6.45) is 4.07. The molecule has 0 saturated carbocycles. The van der Waals surface area contributed by atoms with Crippen molar-refractivity contribution in [3.8, 4) is 0 Å². The molecule has 0 rings (SSSR count). The largest absolute Gasteiger partial charge is 0.309 e. The van der Waals surface area contributed by atoms with E-state index >= 15 is 0 Å². The summed E-state index contributed by atoms with van der Waals surface area (Å²) in [4.78, 5) is 4.87. The standard InChI is InChI=1S/C15H34N2/c1-7-17(13-14(2)3)11-8-9-15(4)10-12-16(5)6/h14-15H,7-13H2,1-6H3. The van der Waals surface area contributed by atoms with E-state index in [-0.39, 0.29) is 0 Å². The maximum atomic E-state index is 2.59. The van der Waals surface area contributed by atoms with Crippen molar-refractivity contribution in [2.24, 2.45) is 11.8 Å². The molecule has 17 heavy (non-hydrogen) atoms. The van der Waals surface area contributed by atoms with Gasteiger partial charge in [0.25, 0.3) is 0 Å². The smallest absolute Gasteiger partial charge is 0.000427 e. The average Bonchev–Trinajstić information content (AvgIpc) is 2.24. The molecule has 0 saturated heterocycles. The zero-order chi connectivity index (χ0) is 13.3. The first kappa shape index (κ1) is 16.9. The normalized spacial score (nSPS) is 13.9. The van der Waals surface area contributed by atoms with Crippen molar-refractivity contribution in [2.75, 3.05) is 40.3 Å². The molecule has 1 atom stereocenters. The van der Waals surface area contributed by atoms with Crippen LogP contribution in [0.5, 0.6) is 0 Å². The number of hydrogen-bond donors (Lipinski definition) is 0. The highest BCUT2D eigenvalue weighted by Gasteiger charge is 2.07. The molecule has 1 unspecified atom stereocenters. The van der Waals surface area contributed by atoms with Crippen LogP contribution in [0.3, 0.4) is 0 Å². The molecule has 0 aliphatic rings. The molecule has 0 aromatic carbocycles. The van der Waals surface area contributed by atoms with E-state index in [1.54, 1.807) is 0 Å². The molecule has 104 valence electrons. The molecule has 0 aromatic heterocycles. The van der Waals surface area contributed by atoms with E-state index in [9.17, 15) is 0 Å². The van der Waals surface area contributed by atoms with Gasteiger partial charge in [-0.05, 0) is 64.8 Å². The first-order chi connectivity index (χ1) is 7.95. The van der Waals surface area contributed by atoms with Gasteiger partial charge in [-0.1, -0.05) is 27.7 Å². The first-order valence-electron chi connectivity index (χ1n) is 7.32. The molecule has 0 amide bonds. The molecule has 0 N–H and O–H groups in total. The quantitative estimate of drug-likeness (QED) is 0.580. The summed E-state index contributed by atoms with van der Waals surface area (Å²) in [5.41, 5.74) is 0. The zero-order valence-electron chi connectivity index (χ0n) is 13.0. The van der Waals surface area contributed by atoms with Gasteiger partial charge >= 0.3 is 0 Å². The van der Waals surface area contributed by atoms with E-state index in [2.05, 4.69) is 51.6 Å². The van der Waals surface area contributed by atoms with Gasteiger partial charge in [0, 0.05) is 6.54 Å². The summed E-state index contributed by atoms with van der Waals surface area (Å²) in [6, 6.07) is 0. The van der Waals surface area contributed by atoms with Crippen LogP contribution in [-0.2, 0) is 0 Å². The Hall–Kier alpha value is -0.0800. The van der Waals surface area contributed by atoms with Crippen molar-refractivity contribution in [3.05, 3.63) is 0 Å². The maximum Gasteiger partial charge on any atom is 0.000427 e. The second-order valence-corrected chi connectivity index (χ2v) is 6.13. The molecular formula is C15H34N2. The fourth-order valence-corrected chi connectivity index (χ4v) is 2.18. The van der Waals surface area contributed by atoms with Crippen molar-refractivity contribution in [3.63, 3.8) is 0 Å². The molecule has 0 radical (unpaired) electrons. The van der Waals surface area contributed by atoms with E-state index < -0.39 is 0 Å². The molecule has 2 nitrogen and oxygen atoms in total. The Morgan fingerprint density at radius 3 is 2.06 bits per heavy atom. The Labute approximate surface area is 109 Å². The predicted molar refractivity (Wildman–Crippen MR) is 78.5 cm³/mol. The SMILES string of the molecule is CCN(CCCC(C)CCN(C)C)CC(C)C. The molecule has 0 fully saturated rings. The van der Waals surface area contributed by atoms with Crippen molar-refractivity contribution < 1.29 is 0 Å². The second kappa shape index (κ2) is 9.90. The number of rotatable bonds is 10. The molecular weight excluding hydrogens is 208 g/mol. The minimum atomic E-state index is 0.793. The van der Waals surface area contributed by atoms with Crippen LogP contribution >= 0.6 is 0 Å². The van der Waals surface area contributed by atoms with Gasteiger partial charge in [-0.25, -0.2) is 0 Å². The Kier molecular flexibility index (Phi) is 9.85. The van der Waals surface area contributed by atoms with Crippen molar-refractivity contribution >= 4 is 0 Å². The summed E-state index contributed by atoms with van der Waals surface area (Å²) in [5.74, 6) is 1.66. The Balaban J connectivity index is 3.59. The van der Waals surface area contributed by atoms with Crippen LogP contribution < -0.4 is 0 Å². The van der Waals surface area contributed by atoms with Gasteiger partial charge in [0.05, 0.1) is 0 Å². The Morgan fingerprint density at radius 2 is 1.59 bits per heavy atom. The molecule has 0 aromatic rings. The third-order valence-corrected chi connectivity index (χ3v) is 3.31. The van der Waals surface area contributed by atoms with Gasteiger partial charge in [0.15, 0.2) is 0 Å². The lowest BCUT2D eigenvalue weighted by molar-refractivity contribution is 0.243. The van der Waals surface area contributed by atoms with E-state index in [4.69, 9.17) is 0 Å². The van der Waals surface area contributed by atoms with E-state index in [0.717, 1.165) is 11.8 Å². The van der Waals surface area contributed by atoms with E-state index in [0.29, 0.717) is 0 Å². The summed E-state index contributed by atoms with van der Waals surface area (Å²) in [5, 5.41) is 0. The zero-order valence-corrected chi connectivity index (χ0v) is 13.0. The summed E-state index contributed by atoms with van der Waals surface area (Å²) in [7, 11) is 4.32. The van der Waals surface area contributed by atoms with Crippen LogP contribution in [0.4, 0.5) is 0 Å². The van der Waals surface area contributed by atoms with Crippen LogP contribution in [0, 0.1) is 11.8 Å². The molecule has 0 aliphatic carbocycles. The Bertz CT molecular complexity index is 166. The third-order valence-electron chi connectivity index (χ3n) is 3.31. The van der Waals surface area contributed by atoms with Gasteiger partial charge in [0.2, 0.25) is 0 Å². The molecule has 0 aliphatic heterocycles. The van der Waals surface area contributed by atoms with E-state index in [1.165, 1.54) is 45.4 Å². The Morgan fingerprint density at radius 1 is 0.941 bits per heavy atom. The first-order valence-corrected chi connectivity index (χ1v) is 7.32. The maximum absolute atomic E-state index is 2.59. The van der Waals surface area contributed by atoms with Crippen molar-refractivity contribution in [1.29, 1.82) is 0 Å². The molecule has 0 heterocycles. The lowest BCUT2D eigenvalue weighted by Gasteiger charge is -2.23. The van der Waals surface area contributed by atoms with Gasteiger partial charge in [0.1, 0.15) is 0 Å². The molecule has 2 heteroatoms. The molecule has 0 bridgehead atoms. The summed E-state index contributed by atoms with van der Waals surface area (Å²) < 4.78 is 0. The minimum Gasteiger partial charge on any atom is -0.309 e. The van der Waals surface area contributed by atoms with Gasteiger partial charge in [-0.3, -0.25) is 0 Å². The topological polar surface area (TPSA) is 6.48 Å². The molecule has 0 spiro atoms. The van der Waals surface area contributed by atoms with Crippen LogP contribution in [0.15, 0.2) is 0 Å². The highest BCUT2D eigenvalue weighted by atomic mass is 15.1. The summed E-state index contributed by atoms with van der Waals surface area (Å²) in [6.45, 7) is 14.2. The highest BCUT2D eigenvalue weighted by molar-refractivity contribution is 4.61. The number of nitrogens with zero attached hydrogens (tertiary/aromatic N) is 2. The van der Waals surface area contributed by atoms with Crippen LogP contribution in [0.1, 0.15) is 47.0 Å². The van der Waals surface area contributed by atoms with Crippen molar-refractivity contribution in [1.82, 2.24) is 9.80 Å². The third kappa shape index (κ3) is 10.8. The van der Waals surface area contributed by atoms with Crippen LogP contribution in [-0.4, -0.2) is 50.1 Å². The average molecular weight is 242 g/mol. The monoisotopic (exact) mass is 242 g/mol. The minimum absolute atomic E-state index is 0.793.